The van der Waals surface area contributed by atoms with E-state index in [9.17, 15) is 19.7 Å². The minimum Gasteiger partial charge on any atom is -0.445 e. The molecule has 0 radical (unpaired) electrons. The smallest absolute Gasteiger partial charge is 0.287 e. The van der Waals surface area contributed by atoms with E-state index in [1.165, 1.54) is 30.3 Å². The molecule has 0 aliphatic heterocycles. The highest BCUT2D eigenvalue weighted by atomic mass is 16.6. The van der Waals surface area contributed by atoms with Crippen LogP contribution < -0.4 is 10.6 Å². The van der Waals surface area contributed by atoms with Crippen LogP contribution in [0.15, 0.2) is 65.1 Å². The van der Waals surface area contributed by atoms with E-state index in [-0.39, 0.29) is 34.3 Å². The molecule has 0 saturated heterocycles. The molecule has 0 bridgehead atoms. The number of nitro benzene ring substituents is 1. The van der Waals surface area contributed by atoms with Gasteiger partial charge in [0, 0.05) is 12.1 Å². The van der Waals surface area contributed by atoms with Crippen molar-refractivity contribution in [3.63, 3.8) is 0 Å². The summed E-state index contributed by atoms with van der Waals surface area (Å²) in [5.41, 5.74) is 0.776. The van der Waals surface area contributed by atoms with Crippen molar-refractivity contribution in [2.24, 2.45) is 0 Å². The van der Waals surface area contributed by atoms with Crippen molar-refractivity contribution in [2.45, 2.75) is 18.4 Å². The van der Waals surface area contributed by atoms with Gasteiger partial charge in [-0.2, -0.15) is 5.10 Å². The lowest BCUT2D eigenvalue weighted by atomic mass is 10.1. The third-order valence-electron chi connectivity index (χ3n) is 5.47. The molecule has 4 aromatic rings. The van der Waals surface area contributed by atoms with Gasteiger partial charge in [-0.1, -0.05) is 42.5 Å². The SMILES string of the molecule is O=C(NC1(c2ccccc2)CC1)c1cc2[nH]nc(NC(=O)c3ccccc3[N+](=O)[O-])c2o1. The molecule has 2 heterocycles. The molecule has 3 N–H and O–H groups in total. The predicted octanol–water partition coefficient (Wildman–Crippen LogP) is 3.74. The van der Waals surface area contributed by atoms with Crippen LogP contribution in [-0.4, -0.2) is 26.9 Å². The van der Waals surface area contributed by atoms with Crippen LogP contribution in [0.4, 0.5) is 11.5 Å². The summed E-state index contributed by atoms with van der Waals surface area (Å²) >= 11 is 0. The number of nitrogens with zero attached hydrogens (tertiary/aromatic N) is 2. The second kappa shape index (κ2) is 7.34. The maximum absolute atomic E-state index is 12.8. The summed E-state index contributed by atoms with van der Waals surface area (Å²) in [4.78, 5) is 35.9. The molecule has 2 aromatic carbocycles. The van der Waals surface area contributed by atoms with Gasteiger partial charge in [-0.3, -0.25) is 24.8 Å². The summed E-state index contributed by atoms with van der Waals surface area (Å²) in [6.45, 7) is 0. The van der Waals surface area contributed by atoms with Gasteiger partial charge in [0.15, 0.2) is 17.2 Å². The summed E-state index contributed by atoms with van der Waals surface area (Å²) in [6, 6.07) is 16.8. The average Bonchev–Trinajstić information content (AvgIpc) is 3.30. The van der Waals surface area contributed by atoms with Crippen LogP contribution in [0, 0.1) is 10.1 Å². The minimum atomic E-state index is -0.714. The van der Waals surface area contributed by atoms with Crippen LogP contribution in [-0.2, 0) is 5.54 Å². The fourth-order valence-corrected chi connectivity index (χ4v) is 3.66. The summed E-state index contributed by atoms with van der Waals surface area (Å²) in [5, 5.41) is 23.4. The van der Waals surface area contributed by atoms with Crippen LogP contribution >= 0.6 is 0 Å². The van der Waals surface area contributed by atoms with Crippen LogP contribution in [0.2, 0.25) is 0 Å². The number of rotatable bonds is 6. The monoisotopic (exact) mass is 431 g/mol. The molecule has 160 valence electrons. The molecule has 10 nitrogen and oxygen atoms in total. The normalized spacial score (nSPS) is 14.1. The number of hydrogen-bond donors (Lipinski definition) is 3. The molecule has 2 aromatic heterocycles. The Balaban J connectivity index is 1.37. The molecule has 0 atom stereocenters. The number of furan rings is 1. The molecule has 0 unspecified atom stereocenters. The van der Waals surface area contributed by atoms with E-state index in [0.717, 1.165) is 18.4 Å². The fraction of sp³-hybridized carbons (Fsp3) is 0.136. The van der Waals surface area contributed by atoms with Crippen LogP contribution in [0.3, 0.4) is 0 Å². The zero-order valence-electron chi connectivity index (χ0n) is 16.6. The second-order valence-corrected chi connectivity index (χ2v) is 7.56. The number of nitrogens with one attached hydrogen (secondary N) is 3. The Morgan fingerprint density at radius 3 is 2.50 bits per heavy atom. The molecule has 0 spiro atoms. The number of amides is 2. The molecule has 10 heteroatoms. The van der Waals surface area contributed by atoms with E-state index in [1.54, 1.807) is 0 Å². The lowest BCUT2D eigenvalue weighted by Gasteiger charge is -2.16. The summed E-state index contributed by atoms with van der Waals surface area (Å²) < 4.78 is 5.67. The number of carbonyl (C=O) groups is 2. The number of aromatic nitrogens is 2. The summed E-state index contributed by atoms with van der Waals surface area (Å²) in [5.74, 6) is -0.996. The Morgan fingerprint density at radius 1 is 1.06 bits per heavy atom. The molecule has 1 fully saturated rings. The van der Waals surface area contributed by atoms with Gasteiger partial charge in [0.1, 0.15) is 11.1 Å². The zero-order chi connectivity index (χ0) is 22.3. The molecule has 5 rings (SSSR count). The number of benzene rings is 2. The second-order valence-electron chi connectivity index (χ2n) is 7.56. The Bertz CT molecular complexity index is 1350. The lowest BCUT2D eigenvalue weighted by molar-refractivity contribution is -0.385. The van der Waals surface area contributed by atoms with Gasteiger partial charge < -0.3 is 15.1 Å². The van der Waals surface area contributed by atoms with Crippen molar-refractivity contribution in [3.05, 3.63) is 87.7 Å². The van der Waals surface area contributed by atoms with Gasteiger partial charge in [0.05, 0.1) is 10.5 Å². The van der Waals surface area contributed by atoms with E-state index >= 15 is 0 Å². The number of carbonyl (C=O) groups excluding carboxylic acids is 2. The van der Waals surface area contributed by atoms with Crippen LogP contribution in [0.25, 0.3) is 11.1 Å². The number of anilines is 1. The Morgan fingerprint density at radius 2 is 1.78 bits per heavy atom. The Hall–Kier alpha value is -4.47. The zero-order valence-corrected chi connectivity index (χ0v) is 16.6. The first-order valence-electron chi connectivity index (χ1n) is 9.87. The van der Waals surface area contributed by atoms with Crippen molar-refractivity contribution >= 4 is 34.4 Å². The maximum Gasteiger partial charge on any atom is 0.287 e. The summed E-state index contributed by atoms with van der Waals surface area (Å²) in [6.07, 6.45) is 1.67. The van der Waals surface area contributed by atoms with Gasteiger partial charge in [-0.15, -0.1) is 0 Å². The number of para-hydroxylation sites is 1. The number of H-pyrrole nitrogens is 1. The van der Waals surface area contributed by atoms with Crippen LogP contribution in [0.5, 0.6) is 0 Å². The topological polar surface area (TPSA) is 143 Å². The molecule has 1 aliphatic rings. The van der Waals surface area contributed by atoms with Gasteiger partial charge in [-0.25, -0.2) is 0 Å². The van der Waals surface area contributed by atoms with Gasteiger partial charge >= 0.3 is 0 Å². The quantitative estimate of drug-likeness (QED) is 0.313. The summed E-state index contributed by atoms with van der Waals surface area (Å²) in [7, 11) is 0. The number of hydrogen-bond acceptors (Lipinski definition) is 6. The van der Waals surface area contributed by atoms with E-state index in [0.29, 0.717) is 5.52 Å². The van der Waals surface area contributed by atoms with E-state index in [2.05, 4.69) is 20.8 Å². The third kappa shape index (κ3) is 3.37. The molecular formula is C22H17N5O5. The standard InChI is InChI=1S/C22H17N5O5/c28-20(14-8-4-5-9-16(14)27(30)31)23-19-18-15(25-26-19)12-17(32-18)21(29)24-22(10-11-22)13-6-2-1-3-7-13/h1-9,12H,10-11H2,(H,24,29)(H2,23,25,26,28). The van der Waals surface area contributed by atoms with E-state index in [4.69, 9.17) is 4.42 Å². The molecule has 1 aliphatic carbocycles. The number of fused-ring (bicyclic) bond motifs is 1. The first-order valence-corrected chi connectivity index (χ1v) is 9.87. The van der Waals surface area contributed by atoms with Crippen LogP contribution in [0.1, 0.15) is 39.3 Å². The number of aromatic amines is 1. The van der Waals surface area contributed by atoms with E-state index in [1.807, 2.05) is 30.3 Å². The Kier molecular flexibility index (Phi) is 4.47. The minimum absolute atomic E-state index is 0.0337. The van der Waals surface area contributed by atoms with Gasteiger partial charge in [0.2, 0.25) is 0 Å². The van der Waals surface area contributed by atoms with Crippen molar-refractivity contribution < 1.29 is 18.9 Å². The highest BCUT2D eigenvalue weighted by Crippen LogP contribution is 2.45. The largest absolute Gasteiger partial charge is 0.445 e. The average molecular weight is 431 g/mol. The van der Waals surface area contributed by atoms with Crippen molar-refractivity contribution in [2.75, 3.05) is 5.32 Å². The Labute approximate surface area is 180 Å². The van der Waals surface area contributed by atoms with Crippen molar-refractivity contribution in [1.29, 1.82) is 0 Å². The number of nitro groups is 1. The maximum atomic E-state index is 12.8. The predicted molar refractivity (Wildman–Crippen MR) is 114 cm³/mol. The molecule has 2 amide bonds. The molecule has 32 heavy (non-hydrogen) atoms. The highest BCUT2D eigenvalue weighted by Gasteiger charge is 2.46. The lowest BCUT2D eigenvalue weighted by Crippen LogP contribution is -2.34. The molecular weight excluding hydrogens is 414 g/mol. The van der Waals surface area contributed by atoms with E-state index < -0.39 is 16.4 Å². The fourth-order valence-electron chi connectivity index (χ4n) is 3.66. The molecule has 1 saturated carbocycles. The van der Waals surface area contributed by atoms with Gasteiger partial charge in [-0.05, 0) is 24.5 Å². The van der Waals surface area contributed by atoms with Gasteiger partial charge in [0.25, 0.3) is 17.5 Å². The van der Waals surface area contributed by atoms with Crippen molar-refractivity contribution in [1.82, 2.24) is 15.5 Å². The highest BCUT2D eigenvalue weighted by molar-refractivity contribution is 6.09. The third-order valence-corrected chi connectivity index (χ3v) is 5.47. The van der Waals surface area contributed by atoms with Crippen molar-refractivity contribution in [3.8, 4) is 0 Å². The first-order chi connectivity index (χ1) is 15.5. The first kappa shape index (κ1) is 19.5.